The maximum Gasteiger partial charge on any atom is 0.329 e. The summed E-state index contributed by atoms with van der Waals surface area (Å²) >= 11 is 0. The molecule has 0 aromatic carbocycles. The van der Waals surface area contributed by atoms with Gasteiger partial charge in [0.25, 0.3) is 0 Å². The molecule has 14 heteroatoms. The third-order valence-corrected chi connectivity index (χ3v) is 4.52. The van der Waals surface area contributed by atoms with Gasteiger partial charge in [-0.1, -0.05) is 6.92 Å². The number of carbonyl (C=O) groups excluding carboxylic acids is 1. The third kappa shape index (κ3) is 34.6. The zero-order valence-electron chi connectivity index (χ0n) is 24.0. The molecule has 14 nitrogen and oxygen atoms in total. The minimum absolute atomic E-state index is 0.194. The van der Waals surface area contributed by atoms with Crippen LogP contribution in [0.15, 0.2) is 0 Å². The molecule has 0 saturated carbocycles. The van der Waals surface area contributed by atoms with Gasteiger partial charge in [-0.3, -0.25) is 4.79 Å². The Labute approximate surface area is 237 Å². The summed E-state index contributed by atoms with van der Waals surface area (Å²) in [7, 11) is 0. The lowest BCUT2D eigenvalue weighted by atomic mass is 10.3. The lowest BCUT2D eigenvalue weighted by Gasteiger charge is -2.09. The van der Waals surface area contributed by atoms with Gasteiger partial charge in [0.2, 0.25) is 0 Å². The Balaban J connectivity index is 3.06. The van der Waals surface area contributed by atoms with Gasteiger partial charge in [0.15, 0.2) is 0 Å². The molecule has 0 unspecified atom stereocenters. The van der Waals surface area contributed by atoms with E-state index in [2.05, 4.69) is 0 Å². The molecule has 0 aliphatic heterocycles. The highest BCUT2D eigenvalue weighted by Crippen LogP contribution is 1.91. The van der Waals surface area contributed by atoms with Crippen molar-refractivity contribution >= 4 is 11.9 Å². The number of rotatable bonds is 34. The summed E-state index contributed by atoms with van der Waals surface area (Å²) in [5, 5.41) is 8.41. The van der Waals surface area contributed by atoms with Crippen LogP contribution < -0.4 is 0 Å². The van der Waals surface area contributed by atoms with E-state index in [4.69, 9.17) is 57.2 Å². The summed E-state index contributed by atoms with van der Waals surface area (Å²) in [5.41, 5.74) is 0. The van der Waals surface area contributed by atoms with Gasteiger partial charge in [0.1, 0.15) is 13.2 Å². The van der Waals surface area contributed by atoms with E-state index in [1.54, 1.807) is 0 Å². The smallest absolute Gasteiger partial charge is 0.329 e. The number of aliphatic carboxylic acids is 1. The molecule has 0 saturated heterocycles. The Bertz CT molecular complexity index is 538. The van der Waals surface area contributed by atoms with Crippen LogP contribution in [0.1, 0.15) is 19.8 Å². The highest BCUT2D eigenvalue weighted by molar-refractivity contribution is 5.69. The minimum atomic E-state index is -0.998. The quantitative estimate of drug-likeness (QED) is 0.0825. The van der Waals surface area contributed by atoms with Gasteiger partial charge in [-0.05, 0) is 6.42 Å². The van der Waals surface area contributed by atoms with Crippen LogP contribution in [-0.4, -0.2) is 156 Å². The first kappa shape index (κ1) is 38.5. The van der Waals surface area contributed by atoms with Crippen molar-refractivity contribution in [3.8, 4) is 0 Å². The minimum Gasteiger partial charge on any atom is -0.480 e. The second-order valence-electron chi connectivity index (χ2n) is 7.93. The van der Waals surface area contributed by atoms with Crippen molar-refractivity contribution in [3.63, 3.8) is 0 Å². The highest BCUT2D eigenvalue weighted by atomic mass is 16.6. The first-order valence-electron chi connectivity index (χ1n) is 13.8. The molecule has 0 aliphatic carbocycles. The third-order valence-electron chi connectivity index (χ3n) is 4.52. The molecular weight excluding hydrogens is 536 g/mol. The number of carboxylic acid groups (broad SMARTS) is 1. The van der Waals surface area contributed by atoms with Gasteiger partial charge < -0.3 is 57.2 Å². The maximum atomic E-state index is 11.2. The zero-order valence-corrected chi connectivity index (χ0v) is 24.0. The molecule has 0 fully saturated rings. The molecule has 0 aromatic rings. The molecule has 0 rings (SSSR count). The second kappa shape index (κ2) is 33.7. The van der Waals surface area contributed by atoms with Gasteiger partial charge in [-0.2, -0.15) is 0 Å². The van der Waals surface area contributed by atoms with E-state index < -0.39 is 5.97 Å². The van der Waals surface area contributed by atoms with Crippen molar-refractivity contribution in [2.24, 2.45) is 0 Å². The summed E-state index contributed by atoms with van der Waals surface area (Å²) in [5.74, 6) is -1.19. The Kier molecular flexibility index (Phi) is 32.5. The van der Waals surface area contributed by atoms with E-state index in [1.165, 1.54) is 0 Å². The van der Waals surface area contributed by atoms with Crippen LogP contribution in [0, 0.1) is 0 Å². The van der Waals surface area contributed by atoms with Crippen LogP contribution in [-0.2, 0) is 61.7 Å². The van der Waals surface area contributed by atoms with Crippen LogP contribution in [0.2, 0.25) is 0 Å². The number of carboxylic acids is 1. The highest BCUT2D eigenvalue weighted by Gasteiger charge is 2.00. The Hall–Kier alpha value is -1.46. The molecule has 1 N–H and O–H groups in total. The van der Waals surface area contributed by atoms with Crippen LogP contribution in [0.3, 0.4) is 0 Å². The number of hydrogen-bond donors (Lipinski definition) is 1. The molecule has 0 spiro atoms. The van der Waals surface area contributed by atoms with Crippen molar-refractivity contribution in [2.45, 2.75) is 19.8 Å². The van der Waals surface area contributed by atoms with E-state index in [-0.39, 0.29) is 25.8 Å². The summed E-state index contributed by atoms with van der Waals surface area (Å²) < 4.78 is 58.2. The summed E-state index contributed by atoms with van der Waals surface area (Å²) in [6, 6.07) is 0. The van der Waals surface area contributed by atoms with E-state index in [0.717, 1.165) is 6.42 Å². The van der Waals surface area contributed by atoms with E-state index in [1.807, 2.05) is 6.92 Å². The standard InChI is InChI=1S/C26H50O14/c1-2-3-26(29)40-23-22-38-19-18-36-15-14-34-11-10-32-7-6-30-4-5-31-8-9-33-12-13-35-16-17-37-20-21-39-24-25(27)28/h2-24H2,1H3,(H,27,28). The van der Waals surface area contributed by atoms with Crippen molar-refractivity contribution in [1.82, 2.24) is 0 Å². The fourth-order valence-electron chi connectivity index (χ4n) is 2.63. The molecule has 0 heterocycles. The zero-order chi connectivity index (χ0) is 29.2. The lowest BCUT2D eigenvalue weighted by molar-refractivity contribution is -0.145. The van der Waals surface area contributed by atoms with E-state index in [0.29, 0.717) is 125 Å². The van der Waals surface area contributed by atoms with E-state index >= 15 is 0 Å². The number of ether oxygens (including phenoxy) is 11. The predicted molar refractivity (Wildman–Crippen MR) is 142 cm³/mol. The van der Waals surface area contributed by atoms with E-state index in [9.17, 15) is 9.59 Å². The van der Waals surface area contributed by atoms with Crippen LogP contribution in [0.4, 0.5) is 0 Å². The van der Waals surface area contributed by atoms with Gasteiger partial charge in [-0.25, -0.2) is 4.79 Å². The fraction of sp³-hybridized carbons (Fsp3) is 0.923. The van der Waals surface area contributed by atoms with Gasteiger partial charge in [-0.15, -0.1) is 0 Å². The summed E-state index contributed by atoms with van der Waals surface area (Å²) in [6.45, 7) is 10.3. The van der Waals surface area contributed by atoms with Crippen molar-refractivity contribution < 1.29 is 66.8 Å². The molecule has 0 aromatic heterocycles. The molecule has 238 valence electrons. The Morgan fingerprint density at radius 2 is 0.675 bits per heavy atom. The van der Waals surface area contributed by atoms with Crippen LogP contribution in [0.5, 0.6) is 0 Å². The monoisotopic (exact) mass is 586 g/mol. The van der Waals surface area contributed by atoms with Gasteiger partial charge in [0, 0.05) is 6.42 Å². The van der Waals surface area contributed by atoms with Crippen molar-refractivity contribution in [1.29, 1.82) is 0 Å². The second-order valence-corrected chi connectivity index (χ2v) is 7.93. The average Bonchev–Trinajstić information content (AvgIpc) is 2.93. The first-order chi connectivity index (χ1) is 19.7. The molecule has 0 amide bonds. The maximum absolute atomic E-state index is 11.2. The number of hydrogen-bond acceptors (Lipinski definition) is 13. The number of carbonyl (C=O) groups is 2. The lowest BCUT2D eigenvalue weighted by Crippen LogP contribution is -2.15. The van der Waals surface area contributed by atoms with Gasteiger partial charge >= 0.3 is 11.9 Å². The molecule has 40 heavy (non-hydrogen) atoms. The largest absolute Gasteiger partial charge is 0.480 e. The average molecular weight is 587 g/mol. The topological polar surface area (TPSA) is 156 Å². The Morgan fingerprint density at radius 3 is 0.925 bits per heavy atom. The molecule has 0 bridgehead atoms. The van der Waals surface area contributed by atoms with Gasteiger partial charge in [0.05, 0.1) is 126 Å². The number of esters is 1. The molecular formula is C26H50O14. The molecule has 0 atom stereocenters. The summed E-state index contributed by atoms with van der Waals surface area (Å²) in [4.78, 5) is 21.4. The van der Waals surface area contributed by atoms with Crippen molar-refractivity contribution in [2.75, 3.05) is 139 Å². The molecule has 0 radical (unpaired) electrons. The SMILES string of the molecule is CCCC(=O)OCCOCCOCCOCCOCCOCCOCCOCCOCCOCCOCC(=O)O. The summed E-state index contributed by atoms with van der Waals surface area (Å²) in [6.07, 6.45) is 1.22. The fourth-order valence-corrected chi connectivity index (χ4v) is 2.63. The van der Waals surface area contributed by atoms with Crippen LogP contribution >= 0.6 is 0 Å². The molecule has 0 aliphatic rings. The van der Waals surface area contributed by atoms with Crippen molar-refractivity contribution in [3.05, 3.63) is 0 Å². The van der Waals surface area contributed by atoms with Crippen LogP contribution in [0.25, 0.3) is 0 Å². The predicted octanol–water partition coefficient (Wildman–Crippen LogP) is 0.580. The normalized spacial score (nSPS) is 11.2. The Morgan fingerprint density at radius 1 is 0.425 bits per heavy atom. The first-order valence-corrected chi connectivity index (χ1v) is 13.8.